The summed E-state index contributed by atoms with van der Waals surface area (Å²) in [6, 6.07) is 6.56. The van der Waals surface area contributed by atoms with Crippen molar-refractivity contribution in [1.29, 1.82) is 0 Å². The van der Waals surface area contributed by atoms with Crippen LogP contribution in [0.1, 0.15) is 0 Å². The third kappa shape index (κ3) is 1.95. The van der Waals surface area contributed by atoms with Gasteiger partial charge in [0, 0.05) is 0 Å². The lowest BCUT2D eigenvalue weighted by Gasteiger charge is -2.02. The standard InChI is InChI=1S/C10H8N2O4/c13-9-4-2-1-3-8(9)12-6-7(5-11-12)16-10(14)15/h1-6,13H,(H,14,15). The third-order valence-electron chi connectivity index (χ3n) is 1.89. The van der Waals surface area contributed by atoms with Crippen LogP contribution in [0.25, 0.3) is 5.69 Å². The molecule has 0 atom stereocenters. The normalized spacial score (nSPS) is 10.0. The van der Waals surface area contributed by atoms with Crippen molar-refractivity contribution < 1.29 is 19.7 Å². The highest BCUT2D eigenvalue weighted by molar-refractivity contribution is 5.60. The summed E-state index contributed by atoms with van der Waals surface area (Å²) in [5.41, 5.74) is 0.447. The van der Waals surface area contributed by atoms with E-state index in [1.165, 1.54) is 23.1 Å². The van der Waals surface area contributed by atoms with E-state index in [9.17, 15) is 9.90 Å². The molecule has 0 saturated heterocycles. The number of para-hydroxylation sites is 2. The number of rotatable bonds is 2. The molecule has 0 fully saturated rings. The van der Waals surface area contributed by atoms with E-state index < -0.39 is 6.16 Å². The predicted molar refractivity (Wildman–Crippen MR) is 53.9 cm³/mol. The van der Waals surface area contributed by atoms with Gasteiger partial charge in [0.1, 0.15) is 11.4 Å². The molecule has 16 heavy (non-hydrogen) atoms. The number of phenolic OH excluding ortho intramolecular Hbond substituents is 1. The highest BCUT2D eigenvalue weighted by atomic mass is 16.7. The lowest BCUT2D eigenvalue weighted by atomic mass is 10.3. The quantitative estimate of drug-likeness (QED) is 0.751. The molecule has 0 amide bonds. The van der Waals surface area contributed by atoms with Crippen molar-refractivity contribution in [3.05, 3.63) is 36.7 Å². The number of ether oxygens (including phenoxy) is 1. The van der Waals surface area contributed by atoms with Gasteiger partial charge in [0.05, 0.1) is 12.4 Å². The average Bonchev–Trinajstić information content (AvgIpc) is 2.66. The Morgan fingerprint density at radius 2 is 2.12 bits per heavy atom. The Morgan fingerprint density at radius 1 is 1.38 bits per heavy atom. The largest absolute Gasteiger partial charge is 0.511 e. The Bertz CT molecular complexity index is 521. The lowest BCUT2D eigenvalue weighted by Crippen LogP contribution is -2.01. The molecule has 0 spiro atoms. The molecule has 0 aliphatic heterocycles. The number of hydrogen-bond donors (Lipinski definition) is 2. The van der Waals surface area contributed by atoms with Crippen LogP contribution < -0.4 is 4.74 Å². The molecule has 0 aliphatic rings. The second kappa shape index (κ2) is 3.93. The Hall–Kier alpha value is -2.50. The van der Waals surface area contributed by atoms with Crippen LogP contribution in [0.5, 0.6) is 11.5 Å². The summed E-state index contributed by atoms with van der Waals surface area (Å²) in [7, 11) is 0. The molecule has 1 aromatic heterocycles. The number of benzene rings is 1. The topological polar surface area (TPSA) is 84.6 Å². The molecule has 2 N–H and O–H groups in total. The first-order valence-electron chi connectivity index (χ1n) is 4.40. The van der Waals surface area contributed by atoms with Crippen LogP contribution in [0.4, 0.5) is 4.79 Å². The van der Waals surface area contributed by atoms with E-state index in [0.717, 1.165) is 0 Å². The molecular formula is C10H8N2O4. The first-order chi connectivity index (χ1) is 7.66. The summed E-state index contributed by atoms with van der Waals surface area (Å²) < 4.78 is 5.73. The van der Waals surface area contributed by atoms with Crippen LogP contribution in [0.3, 0.4) is 0 Å². The Kier molecular flexibility index (Phi) is 2.47. The predicted octanol–water partition coefficient (Wildman–Crippen LogP) is 1.63. The number of carbonyl (C=O) groups is 1. The molecule has 6 heteroatoms. The maximum absolute atomic E-state index is 10.3. The monoisotopic (exact) mass is 220 g/mol. The summed E-state index contributed by atoms with van der Waals surface area (Å²) in [4.78, 5) is 10.3. The van der Waals surface area contributed by atoms with Crippen LogP contribution in [0.2, 0.25) is 0 Å². The van der Waals surface area contributed by atoms with Gasteiger partial charge in [0.15, 0.2) is 5.75 Å². The summed E-state index contributed by atoms with van der Waals surface area (Å²) in [5, 5.41) is 21.8. The molecule has 0 unspecified atom stereocenters. The minimum Gasteiger partial charge on any atom is -0.506 e. The highest BCUT2D eigenvalue weighted by Crippen LogP contribution is 2.21. The Balaban J connectivity index is 2.32. The van der Waals surface area contributed by atoms with Gasteiger partial charge in [-0.15, -0.1) is 0 Å². The van der Waals surface area contributed by atoms with Crippen LogP contribution >= 0.6 is 0 Å². The first-order valence-corrected chi connectivity index (χ1v) is 4.40. The van der Waals surface area contributed by atoms with Crippen molar-refractivity contribution in [3.63, 3.8) is 0 Å². The number of aromatic hydroxyl groups is 1. The third-order valence-corrected chi connectivity index (χ3v) is 1.89. The second-order valence-electron chi connectivity index (χ2n) is 2.98. The number of aromatic nitrogens is 2. The molecule has 1 aromatic carbocycles. The zero-order chi connectivity index (χ0) is 11.5. The van der Waals surface area contributed by atoms with E-state index in [4.69, 9.17) is 5.11 Å². The molecule has 2 aromatic rings. The summed E-state index contributed by atoms with van der Waals surface area (Å²) in [6.45, 7) is 0. The van der Waals surface area contributed by atoms with E-state index >= 15 is 0 Å². The highest BCUT2D eigenvalue weighted by Gasteiger charge is 2.07. The smallest absolute Gasteiger partial charge is 0.506 e. The van der Waals surface area contributed by atoms with E-state index in [1.54, 1.807) is 18.2 Å². The first kappa shape index (κ1) is 10.0. The number of carboxylic acid groups (broad SMARTS) is 1. The summed E-state index contributed by atoms with van der Waals surface area (Å²) >= 11 is 0. The van der Waals surface area contributed by atoms with Crippen LogP contribution in [0.15, 0.2) is 36.7 Å². The number of nitrogens with zero attached hydrogens (tertiary/aromatic N) is 2. The maximum Gasteiger partial charge on any atom is 0.511 e. The maximum atomic E-state index is 10.3. The Morgan fingerprint density at radius 3 is 2.81 bits per heavy atom. The van der Waals surface area contributed by atoms with Crippen molar-refractivity contribution >= 4 is 6.16 Å². The minimum absolute atomic E-state index is 0.0486. The van der Waals surface area contributed by atoms with Gasteiger partial charge < -0.3 is 14.9 Å². The Labute approximate surface area is 90.3 Å². The molecule has 2 rings (SSSR count). The lowest BCUT2D eigenvalue weighted by molar-refractivity contribution is 0.144. The van der Waals surface area contributed by atoms with Crippen molar-refractivity contribution in [1.82, 2.24) is 9.78 Å². The van der Waals surface area contributed by atoms with Crippen molar-refractivity contribution in [3.8, 4) is 17.2 Å². The van der Waals surface area contributed by atoms with Gasteiger partial charge in [0.25, 0.3) is 0 Å². The number of phenols is 1. The van der Waals surface area contributed by atoms with Crippen LogP contribution in [-0.2, 0) is 0 Å². The summed E-state index contributed by atoms with van der Waals surface area (Å²) in [5.74, 6) is 0.142. The van der Waals surface area contributed by atoms with Crippen LogP contribution in [-0.4, -0.2) is 26.1 Å². The van der Waals surface area contributed by atoms with Gasteiger partial charge in [-0.3, -0.25) is 0 Å². The van der Waals surface area contributed by atoms with Gasteiger partial charge >= 0.3 is 6.16 Å². The molecule has 6 nitrogen and oxygen atoms in total. The zero-order valence-electron chi connectivity index (χ0n) is 8.07. The minimum atomic E-state index is -1.41. The zero-order valence-corrected chi connectivity index (χ0v) is 8.07. The SMILES string of the molecule is O=C(O)Oc1cnn(-c2ccccc2O)c1. The number of hydrogen-bond acceptors (Lipinski definition) is 4. The molecular weight excluding hydrogens is 212 g/mol. The van der Waals surface area contributed by atoms with E-state index in [-0.39, 0.29) is 11.5 Å². The van der Waals surface area contributed by atoms with Crippen molar-refractivity contribution in [2.24, 2.45) is 0 Å². The fourth-order valence-corrected chi connectivity index (χ4v) is 1.25. The molecule has 1 heterocycles. The van der Waals surface area contributed by atoms with Gasteiger partial charge in [-0.05, 0) is 12.1 Å². The second-order valence-corrected chi connectivity index (χ2v) is 2.98. The van der Waals surface area contributed by atoms with Gasteiger partial charge in [-0.2, -0.15) is 5.10 Å². The fourth-order valence-electron chi connectivity index (χ4n) is 1.25. The van der Waals surface area contributed by atoms with Crippen molar-refractivity contribution in [2.45, 2.75) is 0 Å². The molecule has 0 bridgehead atoms. The molecule has 82 valence electrons. The molecule has 0 radical (unpaired) electrons. The van der Waals surface area contributed by atoms with E-state index in [2.05, 4.69) is 9.84 Å². The van der Waals surface area contributed by atoms with E-state index in [1.807, 2.05) is 0 Å². The fraction of sp³-hybridized carbons (Fsp3) is 0. The van der Waals surface area contributed by atoms with Crippen LogP contribution in [0, 0.1) is 0 Å². The molecule has 0 saturated carbocycles. The average molecular weight is 220 g/mol. The van der Waals surface area contributed by atoms with Gasteiger partial charge in [-0.25, -0.2) is 9.48 Å². The van der Waals surface area contributed by atoms with Gasteiger partial charge in [0.2, 0.25) is 0 Å². The van der Waals surface area contributed by atoms with Gasteiger partial charge in [-0.1, -0.05) is 12.1 Å². The van der Waals surface area contributed by atoms with Crippen molar-refractivity contribution in [2.75, 3.05) is 0 Å². The molecule has 0 aliphatic carbocycles. The van der Waals surface area contributed by atoms with E-state index in [0.29, 0.717) is 5.69 Å². The summed E-state index contributed by atoms with van der Waals surface area (Å²) in [6.07, 6.45) is 1.21.